The number of para-hydroxylation sites is 1. The second kappa shape index (κ2) is 4.39. The zero-order valence-corrected chi connectivity index (χ0v) is 9.65. The van der Waals surface area contributed by atoms with Gasteiger partial charge in [-0.2, -0.15) is 0 Å². The Morgan fingerprint density at radius 2 is 2.12 bits per heavy atom. The fourth-order valence-electron chi connectivity index (χ4n) is 2.27. The molecule has 1 fully saturated rings. The van der Waals surface area contributed by atoms with Crippen molar-refractivity contribution in [2.75, 3.05) is 26.2 Å². The van der Waals surface area contributed by atoms with E-state index in [2.05, 4.69) is 10.2 Å². The van der Waals surface area contributed by atoms with Crippen molar-refractivity contribution in [3.63, 3.8) is 0 Å². The summed E-state index contributed by atoms with van der Waals surface area (Å²) >= 11 is 0. The molecule has 1 aliphatic rings. The SMILES string of the molecule is Oc1cccc2cc(CN3CCNCC3)oc12. The highest BCUT2D eigenvalue weighted by molar-refractivity contribution is 5.83. The molecule has 90 valence electrons. The van der Waals surface area contributed by atoms with Crippen LogP contribution in [0.4, 0.5) is 0 Å². The van der Waals surface area contributed by atoms with Gasteiger partial charge in [-0.25, -0.2) is 0 Å². The monoisotopic (exact) mass is 232 g/mol. The molecule has 0 radical (unpaired) electrons. The summed E-state index contributed by atoms with van der Waals surface area (Å²) in [7, 11) is 0. The number of aromatic hydroxyl groups is 1. The highest BCUT2D eigenvalue weighted by atomic mass is 16.4. The number of fused-ring (bicyclic) bond motifs is 1. The topological polar surface area (TPSA) is 48.6 Å². The van der Waals surface area contributed by atoms with Crippen LogP contribution in [-0.2, 0) is 6.54 Å². The molecule has 2 aromatic rings. The Balaban J connectivity index is 1.83. The molecule has 0 bridgehead atoms. The van der Waals surface area contributed by atoms with Gasteiger partial charge in [0.2, 0.25) is 0 Å². The molecule has 0 spiro atoms. The van der Waals surface area contributed by atoms with Crippen LogP contribution in [0.15, 0.2) is 28.7 Å². The fraction of sp³-hybridized carbons (Fsp3) is 0.385. The molecule has 4 nitrogen and oxygen atoms in total. The van der Waals surface area contributed by atoms with E-state index in [1.54, 1.807) is 6.07 Å². The van der Waals surface area contributed by atoms with Gasteiger partial charge in [-0.1, -0.05) is 12.1 Å². The fourth-order valence-corrected chi connectivity index (χ4v) is 2.27. The molecule has 17 heavy (non-hydrogen) atoms. The van der Waals surface area contributed by atoms with Crippen LogP contribution in [0.2, 0.25) is 0 Å². The van der Waals surface area contributed by atoms with Crippen molar-refractivity contribution in [3.05, 3.63) is 30.0 Å². The van der Waals surface area contributed by atoms with E-state index in [4.69, 9.17) is 4.42 Å². The van der Waals surface area contributed by atoms with Crippen LogP contribution in [-0.4, -0.2) is 36.2 Å². The number of hydrogen-bond donors (Lipinski definition) is 2. The molecular weight excluding hydrogens is 216 g/mol. The summed E-state index contributed by atoms with van der Waals surface area (Å²) in [5.74, 6) is 1.14. The third-order valence-electron chi connectivity index (χ3n) is 3.16. The summed E-state index contributed by atoms with van der Waals surface area (Å²) in [6.45, 7) is 4.97. The van der Waals surface area contributed by atoms with Gasteiger partial charge >= 0.3 is 0 Å². The van der Waals surface area contributed by atoms with Crippen molar-refractivity contribution in [3.8, 4) is 5.75 Å². The number of phenolic OH excluding ortho intramolecular Hbond substituents is 1. The van der Waals surface area contributed by atoms with E-state index in [9.17, 15) is 5.11 Å². The van der Waals surface area contributed by atoms with Gasteiger partial charge in [-0.3, -0.25) is 4.90 Å². The lowest BCUT2D eigenvalue weighted by Gasteiger charge is -2.26. The molecule has 1 saturated heterocycles. The highest BCUT2D eigenvalue weighted by Gasteiger charge is 2.13. The first kappa shape index (κ1) is 10.6. The molecule has 4 heteroatoms. The lowest BCUT2D eigenvalue weighted by Crippen LogP contribution is -2.42. The van der Waals surface area contributed by atoms with Gasteiger partial charge in [0.25, 0.3) is 0 Å². The summed E-state index contributed by atoms with van der Waals surface area (Å²) < 4.78 is 5.69. The molecular formula is C13H16N2O2. The molecule has 0 aliphatic carbocycles. The van der Waals surface area contributed by atoms with Crippen molar-refractivity contribution in [2.45, 2.75) is 6.54 Å². The number of piperazine rings is 1. The van der Waals surface area contributed by atoms with Gasteiger partial charge in [0, 0.05) is 31.6 Å². The molecule has 1 aliphatic heterocycles. The molecule has 2 N–H and O–H groups in total. The van der Waals surface area contributed by atoms with E-state index < -0.39 is 0 Å². The van der Waals surface area contributed by atoms with E-state index in [0.29, 0.717) is 5.58 Å². The van der Waals surface area contributed by atoms with Gasteiger partial charge in [-0.05, 0) is 12.1 Å². The van der Waals surface area contributed by atoms with Crippen LogP contribution in [0, 0.1) is 0 Å². The summed E-state index contributed by atoms with van der Waals surface area (Å²) in [5, 5.41) is 14.0. The minimum absolute atomic E-state index is 0.217. The number of benzene rings is 1. The van der Waals surface area contributed by atoms with Crippen molar-refractivity contribution in [1.82, 2.24) is 10.2 Å². The van der Waals surface area contributed by atoms with E-state index in [1.807, 2.05) is 18.2 Å². The largest absolute Gasteiger partial charge is 0.504 e. The lowest BCUT2D eigenvalue weighted by molar-refractivity contribution is 0.218. The molecule has 2 heterocycles. The van der Waals surface area contributed by atoms with Gasteiger partial charge in [0.05, 0.1) is 6.54 Å². The molecule has 0 atom stereocenters. The molecule has 0 amide bonds. The van der Waals surface area contributed by atoms with Crippen LogP contribution >= 0.6 is 0 Å². The summed E-state index contributed by atoms with van der Waals surface area (Å²) in [6.07, 6.45) is 0. The predicted molar refractivity (Wildman–Crippen MR) is 66.0 cm³/mol. The van der Waals surface area contributed by atoms with Crippen LogP contribution < -0.4 is 5.32 Å². The average molecular weight is 232 g/mol. The number of rotatable bonds is 2. The Morgan fingerprint density at radius 1 is 1.29 bits per heavy atom. The number of phenols is 1. The Labute approximate surface area is 99.8 Å². The Morgan fingerprint density at radius 3 is 2.88 bits per heavy atom. The number of nitrogens with zero attached hydrogens (tertiary/aromatic N) is 1. The first-order valence-electron chi connectivity index (χ1n) is 5.96. The summed E-state index contributed by atoms with van der Waals surface area (Å²) in [6, 6.07) is 7.46. The molecule has 1 aromatic carbocycles. The van der Waals surface area contributed by atoms with Crippen molar-refractivity contribution < 1.29 is 9.52 Å². The van der Waals surface area contributed by atoms with Crippen molar-refractivity contribution in [2.24, 2.45) is 0 Å². The minimum atomic E-state index is 0.217. The third-order valence-corrected chi connectivity index (χ3v) is 3.16. The second-order valence-electron chi connectivity index (χ2n) is 4.43. The zero-order chi connectivity index (χ0) is 11.7. The van der Waals surface area contributed by atoms with Crippen molar-refractivity contribution in [1.29, 1.82) is 0 Å². The van der Waals surface area contributed by atoms with Crippen LogP contribution in [0.1, 0.15) is 5.76 Å². The lowest BCUT2D eigenvalue weighted by atomic mass is 10.2. The molecule has 3 rings (SSSR count). The van der Waals surface area contributed by atoms with Crippen LogP contribution in [0.3, 0.4) is 0 Å². The van der Waals surface area contributed by atoms with Gasteiger partial charge in [0.1, 0.15) is 5.76 Å². The zero-order valence-electron chi connectivity index (χ0n) is 9.65. The van der Waals surface area contributed by atoms with Gasteiger partial charge in [-0.15, -0.1) is 0 Å². The number of furan rings is 1. The summed E-state index contributed by atoms with van der Waals surface area (Å²) in [4.78, 5) is 2.35. The van der Waals surface area contributed by atoms with E-state index in [0.717, 1.165) is 43.9 Å². The third kappa shape index (κ3) is 2.14. The van der Waals surface area contributed by atoms with Crippen LogP contribution in [0.5, 0.6) is 5.75 Å². The first-order valence-corrected chi connectivity index (χ1v) is 5.96. The normalized spacial score (nSPS) is 17.6. The maximum atomic E-state index is 9.67. The van der Waals surface area contributed by atoms with E-state index in [1.165, 1.54) is 0 Å². The van der Waals surface area contributed by atoms with Gasteiger partial charge in [0.15, 0.2) is 11.3 Å². The number of nitrogens with one attached hydrogen (secondary N) is 1. The highest BCUT2D eigenvalue weighted by Crippen LogP contribution is 2.28. The average Bonchev–Trinajstić information content (AvgIpc) is 2.74. The second-order valence-corrected chi connectivity index (χ2v) is 4.43. The Kier molecular flexibility index (Phi) is 2.74. The summed E-state index contributed by atoms with van der Waals surface area (Å²) in [5.41, 5.74) is 0.595. The standard InChI is InChI=1S/C13H16N2O2/c16-12-3-1-2-10-8-11(17-13(10)12)9-15-6-4-14-5-7-15/h1-3,8,14,16H,4-7,9H2. The quantitative estimate of drug-likeness (QED) is 0.824. The molecule has 0 saturated carbocycles. The Bertz CT molecular complexity index is 515. The predicted octanol–water partition coefficient (Wildman–Crippen LogP) is 1.54. The maximum Gasteiger partial charge on any atom is 0.175 e. The first-order chi connectivity index (χ1) is 8.33. The molecule has 1 aromatic heterocycles. The van der Waals surface area contributed by atoms with E-state index >= 15 is 0 Å². The van der Waals surface area contributed by atoms with Crippen molar-refractivity contribution >= 4 is 11.0 Å². The number of hydrogen-bond acceptors (Lipinski definition) is 4. The van der Waals surface area contributed by atoms with E-state index in [-0.39, 0.29) is 5.75 Å². The molecule has 0 unspecified atom stereocenters. The minimum Gasteiger partial charge on any atom is -0.504 e. The van der Waals surface area contributed by atoms with Crippen LogP contribution in [0.25, 0.3) is 11.0 Å². The smallest absolute Gasteiger partial charge is 0.175 e. The Hall–Kier alpha value is -1.52. The maximum absolute atomic E-state index is 9.67. The van der Waals surface area contributed by atoms with Gasteiger partial charge < -0.3 is 14.8 Å².